The Labute approximate surface area is 99.7 Å². The molecule has 17 heavy (non-hydrogen) atoms. The van der Waals surface area contributed by atoms with Crippen LogP contribution < -0.4 is 5.73 Å². The van der Waals surface area contributed by atoms with Crippen molar-refractivity contribution in [1.29, 1.82) is 0 Å². The largest absolute Gasteiger partial charge is 0.398 e. The summed E-state index contributed by atoms with van der Waals surface area (Å²) in [6, 6.07) is 18.0. The van der Waals surface area contributed by atoms with Crippen LogP contribution in [0.4, 0.5) is 5.69 Å². The lowest BCUT2D eigenvalue weighted by molar-refractivity contribution is 1.41. The van der Waals surface area contributed by atoms with E-state index >= 15 is 0 Å². The van der Waals surface area contributed by atoms with E-state index in [1.807, 2.05) is 48.7 Å². The highest BCUT2D eigenvalue weighted by Gasteiger charge is 2.03. The standard InChI is InChI=1S/C15H12N2/c16-14-7-3-2-6-13(14)12-9-11-5-1-4-8-15(11)17-10-12/h1-10H,16H2. The van der Waals surface area contributed by atoms with Crippen molar-refractivity contribution in [2.75, 3.05) is 5.73 Å². The van der Waals surface area contributed by atoms with Gasteiger partial charge >= 0.3 is 0 Å². The Morgan fingerprint density at radius 1 is 0.882 bits per heavy atom. The predicted octanol–water partition coefficient (Wildman–Crippen LogP) is 3.48. The van der Waals surface area contributed by atoms with Gasteiger partial charge in [-0.05, 0) is 18.2 Å². The Hall–Kier alpha value is -2.35. The van der Waals surface area contributed by atoms with Crippen LogP contribution in [-0.4, -0.2) is 4.98 Å². The highest BCUT2D eigenvalue weighted by atomic mass is 14.7. The van der Waals surface area contributed by atoms with E-state index in [1.165, 1.54) is 0 Å². The molecule has 1 aromatic heterocycles. The number of pyridine rings is 1. The third-order valence-electron chi connectivity index (χ3n) is 2.86. The molecule has 2 nitrogen and oxygen atoms in total. The molecular formula is C15H12N2. The molecule has 1 heterocycles. The van der Waals surface area contributed by atoms with Crippen LogP contribution in [0.1, 0.15) is 0 Å². The number of nitrogens with two attached hydrogens (primary N) is 1. The first kappa shape index (κ1) is 9.85. The number of benzene rings is 2. The molecule has 0 amide bonds. The summed E-state index contributed by atoms with van der Waals surface area (Å²) in [4.78, 5) is 4.44. The quantitative estimate of drug-likeness (QED) is 0.637. The summed E-state index contributed by atoms with van der Waals surface area (Å²) in [6.45, 7) is 0. The number of nitrogen functional groups attached to an aromatic ring is 1. The number of aromatic nitrogens is 1. The van der Waals surface area contributed by atoms with Crippen molar-refractivity contribution in [3.05, 3.63) is 60.8 Å². The third-order valence-corrected chi connectivity index (χ3v) is 2.86. The van der Waals surface area contributed by atoms with Crippen molar-refractivity contribution in [2.24, 2.45) is 0 Å². The predicted molar refractivity (Wildman–Crippen MR) is 71.6 cm³/mol. The van der Waals surface area contributed by atoms with Crippen molar-refractivity contribution >= 4 is 16.6 Å². The smallest absolute Gasteiger partial charge is 0.0702 e. The number of para-hydroxylation sites is 2. The fraction of sp³-hybridized carbons (Fsp3) is 0. The van der Waals surface area contributed by atoms with Gasteiger partial charge in [0.05, 0.1) is 5.52 Å². The van der Waals surface area contributed by atoms with Gasteiger partial charge in [0, 0.05) is 28.4 Å². The normalized spacial score (nSPS) is 10.6. The van der Waals surface area contributed by atoms with Gasteiger partial charge in [-0.25, -0.2) is 0 Å². The van der Waals surface area contributed by atoms with Crippen LogP contribution in [0, 0.1) is 0 Å². The minimum Gasteiger partial charge on any atom is -0.398 e. The molecule has 0 fully saturated rings. The average molecular weight is 220 g/mol. The van der Waals surface area contributed by atoms with Gasteiger partial charge in [-0.3, -0.25) is 4.98 Å². The third kappa shape index (κ3) is 1.74. The summed E-state index contributed by atoms with van der Waals surface area (Å²) in [5, 5.41) is 1.13. The van der Waals surface area contributed by atoms with Crippen molar-refractivity contribution in [1.82, 2.24) is 4.98 Å². The van der Waals surface area contributed by atoms with Crippen LogP contribution in [0.2, 0.25) is 0 Å². The lowest BCUT2D eigenvalue weighted by atomic mass is 10.0. The van der Waals surface area contributed by atoms with Crippen LogP contribution >= 0.6 is 0 Å². The number of rotatable bonds is 1. The molecule has 82 valence electrons. The van der Waals surface area contributed by atoms with Crippen LogP contribution in [0.15, 0.2) is 60.8 Å². The lowest BCUT2D eigenvalue weighted by Gasteiger charge is -2.06. The van der Waals surface area contributed by atoms with Crippen molar-refractivity contribution in [2.45, 2.75) is 0 Å². The topological polar surface area (TPSA) is 38.9 Å². The second-order valence-corrected chi connectivity index (χ2v) is 4.00. The van der Waals surface area contributed by atoms with E-state index in [9.17, 15) is 0 Å². The van der Waals surface area contributed by atoms with Gasteiger partial charge in [0.2, 0.25) is 0 Å². The number of hydrogen-bond acceptors (Lipinski definition) is 2. The number of hydrogen-bond donors (Lipinski definition) is 1. The summed E-state index contributed by atoms with van der Waals surface area (Å²) in [7, 11) is 0. The Bertz CT molecular complexity index is 674. The highest BCUT2D eigenvalue weighted by Crippen LogP contribution is 2.27. The van der Waals surface area contributed by atoms with E-state index in [0.29, 0.717) is 0 Å². The Balaban J connectivity index is 2.22. The molecule has 0 saturated heterocycles. The zero-order chi connectivity index (χ0) is 11.7. The van der Waals surface area contributed by atoms with Gasteiger partial charge in [-0.2, -0.15) is 0 Å². The molecule has 0 unspecified atom stereocenters. The molecule has 3 rings (SSSR count). The molecular weight excluding hydrogens is 208 g/mol. The monoisotopic (exact) mass is 220 g/mol. The van der Waals surface area contributed by atoms with Crippen molar-refractivity contribution in [3.63, 3.8) is 0 Å². The van der Waals surface area contributed by atoms with Crippen LogP contribution in [0.5, 0.6) is 0 Å². The zero-order valence-electron chi connectivity index (χ0n) is 9.30. The van der Waals surface area contributed by atoms with Gasteiger partial charge in [0.25, 0.3) is 0 Å². The van der Waals surface area contributed by atoms with E-state index < -0.39 is 0 Å². The Kier molecular flexibility index (Phi) is 2.26. The molecule has 0 atom stereocenters. The second kappa shape index (κ2) is 3.91. The first-order chi connectivity index (χ1) is 8.34. The highest BCUT2D eigenvalue weighted by molar-refractivity contribution is 5.86. The van der Waals surface area contributed by atoms with E-state index in [2.05, 4.69) is 17.1 Å². The summed E-state index contributed by atoms with van der Waals surface area (Å²) in [6.07, 6.45) is 1.87. The van der Waals surface area contributed by atoms with E-state index in [1.54, 1.807) is 0 Å². The number of fused-ring (bicyclic) bond motifs is 1. The van der Waals surface area contributed by atoms with E-state index in [0.717, 1.165) is 27.7 Å². The van der Waals surface area contributed by atoms with E-state index in [-0.39, 0.29) is 0 Å². The Morgan fingerprint density at radius 3 is 2.53 bits per heavy atom. The summed E-state index contributed by atoms with van der Waals surface area (Å²) in [5.74, 6) is 0. The number of nitrogens with zero attached hydrogens (tertiary/aromatic N) is 1. The van der Waals surface area contributed by atoms with Crippen molar-refractivity contribution in [3.8, 4) is 11.1 Å². The summed E-state index contributed by atoms with van der Waals surface area (Å²) < 4.78 is 0. The first-order valence-corrected chi connectivity index (χ1v) is 5.54. The molecule has 0 aliphatic rings. The SMILES string of the molecule is Nc1ccccc1-c1cnc2ccccc2c1. The molecule has 2 N–H and O–H groups in total. The summed E-state index contributed by atoms with van der Waals surface area (Å²) in [5.41, 5.74) is 9.85. The minimum absolute atomic E-state index is 0.782. The molecule has 0 bridgehead atoms. The lowest BCUT2D eigenvalue weighted by Crippen LogP contribution is -1.90. The molecule has 3 aromatic rings. The summed E-state index contributed by atoms with van der Waals surface area (Å²) >= 11 is 0. The van der Waals surface area contributed by atoms with Gasteiger partial charge in [-0.1, -0.05) is 36.4 Å². The van der Waals surface area contributed by atoms with Crippen LogP contribution in [-0.2, 0) is 0 Å². The maximum Gasteiger partial charge on any atom is 0.0702 e. The second-order valence-electron chi connectivity index (χ2n) is 4.00. The van der Waals surface area contributed by atoms with Gasteiger partial charge in [-0.15, -0.1) is 0 Å². The molecule has 0 spiro atoms. The average Bonchev–Trinajstić information content (AvgIpc) is 2.39. The molecule has 2 aromatic carbocycles. The molecule has 0 aliphatic carbocycles. The van der Waals surface area contributed by atoms with E-state index in [4.69, 9.17) is 5.73 Å². The zero-order valence-corrected chi connectivity index (χ0v) is 9.30. The number of anilines is 1. The fourth-order valence-corrected chi connectivity index (χ4v) is 1.98. The minimum atomic E-state index is 0.782. The van der Waals surface area contributed by atoms with Crippen LogP contribution in [0.25, 0.3) is 22.0 Å². The maximum absolute atomic E-state index is 5.97. The van der Waals surface area contributed by atoms with Gasteiger partial charge in [0.15, 0.2) is 0 Å². The molecule has 0 saturated carbocycles. The van der Waals surface area contributed by atoms with Gasteiger partial charge < -0.3 is 5.73 Å². The first-order valence-electron chi connectivity index (χ1n) is 5.54. The van der Waals surface area contributed by atoms with Gasteiger partial charge in [0.1, 0.15) is 0 Å². The Morgan fingerprint density at radius 2 is 1.65 bits per heavy atom. The maximum atomic E-state index is 5.97. The fourth-order valence-electron chi connectivity index (χ4n) is 1.98. The van der Waals surface area contributed by atoms with Crippen molar-refractivity contribution < 1.29 is 0 Å². The molecule has 2 heteroatoms. The van der Waals surface area contributed by atoms with Crippen LogP contribution in [0.3, 0.4) is 0 Å². The molecule has 0 radical (unpaired) electrons. The molecule has 0 aliphatic heterocycles.